The minimum atomic E-state index is 0.0261. The molecule has 2 nitrogen and oxygen atoms in total. The highest BCUT2D eigenvalue weighted by Gasteiger charge is 2.07. The number of aliphatic hydroxyl groups is 1. The Balaban J connectivity index is 2.46. The minimum absolute atomic E-state index is 0.0261. The molecule has 72 valence electrons. The van der Waals surface area contributed by atoms with Gasteiger partial charge in [0.15, 0.2) is 0 Å². The van der Waals surface area contributed by atoms with E-state index >= 15 is 0 Å². The summed E-state index contributed by atoms with van der Waals surface area (Å²) in [6, 6.07) is 10.1. The first-order valence-electron chi connectivity index (χ1n) is 4.44. The van der Waals surface area contributed by atoms with Crippen molar-refractivity contribution < 1.29 is 5.11 Å². The predicted molar refractivity (Wildman–Crippen MR) is 58.2 cm³/mol. The lowest BCUT2D eigenvalue weighted by Gasteiger charge is -1.96. The van der Waals surface area contributed by atoms with Crippen molar-refractivity contribution in [2.45, 2.75) is 13.5 Å². The first-order valence-corrected chi connectivity index (χ1v) is 5.25. The topological polar surface area (TPSA) is 33.1 Å². The summed E-state index contributed by atoms with van der Waals surface area (Å²) in [6.07, 6.45) is 0. The van der Waals surface area contributed by atoms with E-state index < -0.39 is 0 Å². The first kappa shape index (κ1) is 9.37. The van der Waals surface area contributed by atoms with Crippen LogP contribution in [0.5, 0.6) is 0 Å². The molecule has 14 heavy (non-hydrogen) atoms. The lowest BCUT2D eigenvalue weighted by Crippen LogP contribution is -1.80. The maximum absolute atomic E-state index is 8.97. The van der Waals surface area contributed by atoms with Crippen molar-refractivity contribution in [2.75, 3.05) is 0 Å². The van der Waals surface area contributed by atoms with Gasteiger partial charge in [-0.3, -0.25) is 0 Å². The van der Waals surface area contributed by atoms with Crippen molar-refractivity contribution in [3.63, 3.8) is 0 Å². The van der Waals surface area contributed by atoms with Crippen LogP contribution in [0.3, 0.4) is 0 Å². The molecule has 0 bridgehead atoms. The van der Waals surface area contributed by atoms with Crippen LogP contribution in [0.2, 0.25) is 0 Å². The molecule has 0 saturated carbocycles. The van der Waals surface area contributed by atoms with Crippen LogP contribution in [0.4, 0.5) is 0 Å². The molecular formula is C11H11NOS. The van der Waals surface area contributed by atoms with Gasteiger partial charge in [0.25, 0.3) is 0 Å². The molecule has 1 aromatic carbocycles. The van der Waals surface area contributed by atoms with Gasteiger partial charge in [0, 0.05) is 0 Å². The second kappa shape index (κ2) is 3.90. The zero-order chi connectivity index (χ0) is 9.97. The van der Waals surface area contributed by atoms with E-state index in [0.717, 1.165) is 15.6 Å². The lowest BCUT2D eigenvalue weighted by atomic mass is 10.2. The molecule has 0 unspecified atom stereocenters. The average molecular weight is 205 g/mol. The molecule has 0 radical (unpaired) electrons. The standard InChI is InChI=1S/C11H11NOS/c1-8-11(14-10(7-13)12-8)9-5-3-2-4-6-9/h2-6,13H,7H2,1H3. The summed E-state index contributed by atoms with van der Waals surface area (Å²) < 4.78 is 0. The average Bonchev–Trinajstić information content (AvgIpc) is 2.61. The highest BCUT2D eigenvalue weighted by molar-refractivity contribution is 7.15. The fourth-order valence-electron chi connectivity index (χ4n) is 1.38. The molecule has 0 aliphatic rings. The van der Waals surface area contributed by atoms with Gasteiger partial charge in [-0.2, -0.15) is 0 Å². The molecule has 1 aromatic heterocycles. The summed E-state index contributed by atoms with van der Waals surface area (Å²) in [4.78, 5) is 5.42. The van der Waals surface area contributed by atoms with Crippen molar-refractivity contribution in [2.24, 2.45) is 0 Å². The van der Waals surface area contributed by atoms with Crippen LogP contribution in [-0.2, 0) is 6.61 Å². The number of thiazole rings is 1. The number of aromatic nitrogens is 1. The van der Waals surface area contributed by atoms with Gasteiger partial charge >= 0.3 is 0 Å². The molecule has 0 aliphatic heterocycles. The van der Waals surface area contributed by atoms with E-state index in [-0.39, 0.29) is 6.61 Å². The Bertz CT molecular complexity index is 422. The van der Waals surface area contributed by atoms with Gasteiger partial charge in [-0.15, -0.1) is 11.3 Å². The van der Waals surface area contributed by atoms with Crippen LogP contribution in [-0.4, -0.2) is 10.1 Å². The fraction of sp³-hybridized carbons (Fsp3) is 0.182. The number of benzene rings is 1. The van der Waals surface area contributed by atoms with E-state index in [1.165, 1.54) is 5.56 Å². The molecule has 0 fully saturated rings. The minimum Gasteiger partial charge on any atom is -0.389 e. The Morgan fingerprint density at radius 1 is 1.29 bits per heavy atom. The Morgan fingerprint density at radius 2 is 2.00 bits per heavy atom. The normalized spacial score (nSPS) is 10.4. The molecule has 0 aliphatic carbocycles. The van der Waals surface area contributed by atoms with Gasteiger partial charge in [0.05, 0.1) is 17.2 Å². The van der Waals surface area contributed by atoms with Crippen molar-refractivity contribution in [3.8, 4) is 10.4 Å². The van der Waals surface area contributed by atoms with Gasteiger partial charge < -0.3 is 5.11 Å². The maximum Gasteiger partial charge on any atom is 0.119 e. The highest BCUT2D eigenvalue weighted by Crippen LogP contribution is 2.29. The third-order valence-corrected chi connectivity index (χ3v) is 3.20. The number of nitrogens with zero attached hydrogens (tertiary/aromatic N) is 1. The summed E-state index contributed by atoms with van der Waals surface area (Å²) in [5.41, 5.74) is 2.16. The van der Waals surface area contributed by atoms with Crippen LogP contribution in [0.1, 0.15) is 10.7 Å². The van der Waals surface area contributed by atoms with Crippen molar-refractivity contribution in [1.29, 1.82) is 0 Å². The van der Waals surface area contributed by atoms with Crippen LogP contribution < -0.4 is 0 Å². The largest absolute Gasteiger partial charge is 0.389 e. The third-order valence-electron chi connectivity index (χ3n) is 2.01. The zero-order valence-corrected chi connectivity index (χ0v) is 8.71. The molecule has 2 rings (SSSR count). The summed E-state index contributed by atoms with van der Waals surface area (Å²) in [7, 11) is 0. The molecule has 1 N–H and O–H groups in total. The van der Waals surface area contributed by atoms with E-state index in [4.69, 9.17) is 5.11 Å². The van der Waals surface area contributed by atoms with Gasteiger partial charge in [0.2, 0.25) is 0 Å². The lowest BCUT2D eigenvalue weighted by molar-refractivity contribution is 0.281. The van der Waals surface area contributed by atoms with E-state index in [9.17, 15) is 0 Å². The quantitative estimate of drug-likeness (QED) is 0.817. The molecule has 0 amide bonds. The van der Waals surface area contributed by atoms with E-state index in [2.05, 4.69) is 17.1 Å². The van der Waals surface area contributed by atoms with Crippen molar-refractivity contribution in [3.05, 3.63) is 41.0 Å². The number of hydrogen-bond donors (Lipinski definition) is 1. The number of rotatable bonds is 2. The van der Waals surface area contributed by atoms with Crippen LogP contribution in [0.25, 0.3) is 10.4 Å². The maximum atomic E-state index is 8.97. The highest BCUT2D eigenvalue weighted by atomic mass is 32.1. The smallest absolute Gasteiger partial charge is 0.119 e. The molecule has 3 heteroatoms. The molecule has 0 spiro atoms. The van der Waals surface area contributed by atoms with Gasteiger partial charge in [-0.05, 0) is 12.5 Å². The first-order chi connectivity index (χ1) is 6.81. The number of aliphatic hydroxyl groups excluding tert-OH is 1. The van der Waals surface area contributed by atoms with E-state index in [1.807, 2.05) is 25.1 Å². The Hall–Kier alpha value is -1.19. The summed E-state index contributed by atoms with van der Waals surface area (Å²) in [6.45, 7) is 2.00. The fourth-order valence-corrected chi connectivity index (χ4v) is 2.31. The third kappa shape index (κ3) is 1.69. The molecule has 0 saturated heterocycles. The van der Waals surface area contributed by atoms with Gasteiger partial charge in [0.1, 0.15) is 5.01 Å². The number of aryl methyl sites for hydroxylation is 1. The van der Waals surface area contributed by atoms with Gasteiger partial charge in [-0.25, -0.2) is 4.98 Å². The monoisotopic (exact) mass is 205 g/mol. The summed E-state index contributed by atoms with van der Waals surface area (Å²) in [5, 5.41) is 9.75. The van der Waals surface area contributed by atoms with Crippen molar-refractivity contribution in [1.82, 2.24) is 4.98 Å². The van der Waals surface area contributed by atoms with E-state index in [0.29, 0.717) is 0 Å². The molecular weight excluding hydrogens is 194 g/mol. The van der Waals surface area contributed by atoms with Crippen LogP contribution >= 0.6 is 11.3 Å². The van der Waals surface area contributed by atoms with Crippen LogP contribution in [0, 0.1) is 6.92 Å². The molecule has 0 atom stereocenters. The predicted octanol–water partition coefficient (Wildman–Crippen LogP) is 2.61. The summed E-state index contributed by atoms with van der Waals surface area (Å²) in [5.74, 6) is 0. The zero-order valence-electron chi connectivity index (χ0n) is 7.90. The molecule has 2 aromatic rings. The Labute approximate surface area is 86.9 Å². The number of hydrogen-bond acceptors (Lipinski definition) is 3. The second-order valence-corrected chi connectivity index (χ2v) is 4.13. The van der Waals surface area contributed by atoms with Crippen LogP contribution in [0.15, 0.2) is 30.3 Å². The SMILES string of the molecule is Cc1nc(CO)sc1-c1ccccc1. The van der Waals surface area contributed by atoms with E-state index in [1.54, 1.807) is 11.3 Å². The Kier molecular flexibility index (Phi) is 2.61. The van der Waals surface area contributed by atoms with Gasteiger partial charge in [-0.1, -0.05) is 30.3 Å². The second-order valence-electron chi connectivity index (χ2n) is 3.05. The summed E-state index contributed by atoms with van der Waals surface area (Å²) >= 11 is 1.55. The molecule has 1 heterocycles. The Morgan fingerprint density at radius 3 is 2.57 bits per heavy atom. The van der Waals surface area contributed by atoms with Crippen molar-refractivity contribution >= 4 is 11.3 Å².